The van der Waals surface area contributed by atoms with Crippen molar-refractivity contribution in [2.24, 2.45) is 5.92 Å². The van der Waals surface area contributed by atoms with Crippen LogP contribution in [-0.4, -0.2) is 50.3 Å². The van der Waals surface area contributed by atoms with Crippen LogP contribution in [0.2, 0.25) is 5.02 Å². The third-order valence-electron chi connectivity index (χ3n) is 4.29. The largest absolute Gasteiger partial charge is 0.506 e. The molecule has 0 spiro atoms. The van der Waals surface area contributed by atoms with Crippen LogP contribution in [0.15, 0.2) is 30.9 Å². The highest BCUT2D eigenvalue weighted by Crippen LogP contribution is 2.28. The second-order valence-electron chi connectivity index (χ2n) is 5.93. The molecule has 128 valence electrons. The Bertz CT molecular complexity index is 684. The van der Waals surface area contributed by atoms with Gasteiger partial charge in [0.2, 0.25) is 5.91 Å². The fraction of sp³-hybridized carbons (Fsp3) is 0.438. The standard InChI is InChI=1S/C16H20ClN5O2/c17-13-1-2-15(23)14(9-13)20-16(24)12-3-5-21(6-4-12)7-8-22-11-18-10-19-22/h1-2,9-12,23H,3-8H2,(H,20,24). The second kappa shape index (κ2) is 7.63. The number of benzene rings is 1. The third kappa shape index (κ3) is 4.24. The van der Waals surface area contributed by atoms with Gasteiger partial charge in [-0.05, 0) is 44.1 Å². The monoisotopic (exact) mass is 349 g/mol. The van der Waals surface area contributed by atoms with Crippen molar-refractivity contribution in [1.82, 2.24) is 19.7 Å². The van der Waals surface area contributed by atoms with Gasteiger partial charge in [0.1, 0.15) is 18.4 Å². The number of phenols is 1. The molecule has 2 N–H and O–H groups in total. The average molecular weight is 350 g/mol. The summed E-state index contributed by atoms with van der Waals surface area (Å²) in [5.74, 6) is -0.0903. The molecule has 1 amide bonds. The fourth-order valence-corrected chi connectivity index (χ4v) is 3.03. The molecule has 0 saturated carbocycles. The van der Waals surface area contributed by atoms with E-state index >= 15 is 0 Å². The van der Waals surface area contributed by atoms with Crippen molar-refractivity contribution >= 4 is 23.2 Å². The van der Waals surface area contributed by atoms with Crippen molar-refractivity contribution in [2.45, 2.75) is 19.4 Å². The van der Waals surface area contributed by atoms with Crippen LogP contribution in [0, 0.1) is 5.92 Å². The lowest BCUT2D eigenvalue weighted by Crippen LogP contribution is -2.39. The van der Waals surface area contributed by atoms with E-state index in [1.54, 1.807) is 23.1 Å². The molecule has 0 bridgehead atoms. The summed E-state index contributed by atoms with van der Waals surface area (Å²) in [6.45, 7) is 3.43. The van der Waals surface area contributed by atoms with E-state index in [1.807, 2.05) is 0 Å². The molecule has 0 aliphatic carbocycles. The van der Waals surface area contributed by atoms with Crippen molar-refractivity contribution in [2.75, 3.05) is 25.0 Å². The van der Waals surface area contributed by atoms with E-state index in [4.69, 9.17) is 11.6 Å². The van der Waals surface area contributed by atoms with Crippen LogP contribution in [0.5, 0.6) is 5.75 Å². The Hall–Kier alpha value is -2.12. The number of phenolic OH excluding ortho intramolecular Hbond substituents is 1. The molecule has 1 aromatic heterocycles. The van der Waals surface area contributed by atoms with Crippen molar-refractivity contribution < 1.29 is 9.90 Å². The highest BCUT2D eigenvalue weighted by atomic mass is 35.5. The van der Waals surface area contributed by atoms with Crippen LogP contribution in [-0.2, 0) is 11.3 Å². The van der Waals surface area contributed by atoms with Gasteiger partial charge in [-0.15, -0.1) is 0 Å². The van der Waals surface area contributed by atoms with E-state index in [1.165, 1.54) is 12.4 Å². The smallest absolute Gasteiger partial charge is 0.227 e. The summed E-state index contributed by atoms with van der Waals surface area (Å²) in [6, 6.07) is 4.62. The van der Waals surface area contributed by atoms with Crippen LogP contribution in [0.1, 0.15) is 12.8 Å². The van der Waals surface area contributed by atoms with E-state index in [0.29, 0.717) is 10.7 Å². The molecule has 2 heterocycles. The summed E-state index contributed by atoms with van der Waals surface area (Å²) < 4.78 is 1.81. The summed E-state index contributed by atoms with van der Waals surface area (Å²) in [5.41, 5.74) is 0.362. The average Bonchev–Trinajstić information content (AvgIpc) is 3.10. The Morgan fingerprint density at radius 2 is 2.12 bits per heavy atom. The normalized spacial score (nSPS) is 16.2. The first-order valence-corrected chi connectivity index (χ1v) is 8.34. The summed E-state index contributed by atoms with van der Waals surface area (Å²) in [5, 5.41) is 17.1. The van der Waals surface area contributed by atoms with Gasteiger partial charge in [-0.2, -0.15) is 5.10 Å². The predicted octanol–water partition coefficient (Wildman–Crippen LogP) is 1.99. The zero-order valence-electron chi connectivity index (χ0n) is 13.2. The summed E-state index contributed by atoms with van der Waals surface area (Å²) in [6.07, 6.45) is 4.83. The molecule has 2 aromatic rings. The molecule has 1 aromatic carbocycles. The van der Waals surface area contributed by atoms with Crippen LogP contribution >= 0.6 is 11.6 Å². The minimum Gasteiger partial charge on any atom is -0.506 e. The Kier molecular flexibility index (Phi) is 5.32. The number of amides is 1. The van der Waals surface area contributed by atoms with Gasteiger partial charge in [0, 0.05) is 17.5 Å². The van der Waals surface area contributed by atoms with Crippen LogP contribution in [0.4, 0.5) is 5.69 Å². The van der Waals surface area contributed by atoms with Crippen LogP contribution in [0.3, 0.4) is 0 Å². The van der Waals surface area contributed by atoms with Crippen molar-refractivity contribution in [3.63, 3.8) is 0 Å². The molecule has 1 aliphatic heterocycles. The van der Waals surface area contributed by atoms with E-state index in [-0.39, 0.29) is 17.6 Å². The predicted molar refractivity (Wildman–Crippen MR) is 90.9 cm³/mol. The molecule has 0 atom stereocenters. The molecule has 7 nitrogen and oxygen atoms in total. The number of likely N-dealkylation sites (tertiary alicyclic amines) is 1. The van der Waals surface area contributed by atoms with Gasteiger partial charge >= 0.3 is 0 Å². The molecule has 0 radical (unpaired) electrons. The molecule has 24 heavy (non-hydrogen) atoms. The minimum absolute atomic E-state index is 0.0259. The highest BCUT2D eigenvalue weighted by Gasteiger charge is 2.25. The van der Waals surface area contributed by atoms with E-state index < -0.39 is 0 Å². The lowest BCUT2D eigenvalue weighted by Gasteiger charge is -2.31. The van der Waals surface area contributed by atoms with Crippen LogP contribution in [0.25, 0.3) is 0 Å². The summed E-state index contributed by atoms with van der Waals surface area (Å²) >= 11 is 5.90. The maximum absolute atomic E-state index is 12.4. The number of nitrogens with one attached hydrogen (secondary N) is 1. The second-order valence-corrected chi connectivity index (χ2v) is 6.36. The number of rotatable bonds is 5. The van der Waals surface area contributed by atoms with Gasteiger partial charge in [-0.3, -0.25) is 9.48 Å². The van der Waals surface area contributed by atoms with Crippen molar-refractivity contribution in [1.29, 1.82) is 0 Å². The first kappa shape index (κ1) is 16.7. The molecule has 1 fully saturated rings. The summed E-state index contributed by atoms with van der Waals surface area (Å²) in [7, 11) is 0. The van der Waals surface area contributed by atoms with Gasteiger partial charge < -0.3 is 15.3 Å². The number of piperidine rings is 1. The van der Waals surface area contributed by atoms with Gasteiger partial charge in [-0.25, -0.2) is 4.98 Å². The van der Waals surface area contributed by atoms with Crippen LogP contribution < -0.4 is 5.32 Å². The Balaban J connectivity index is 1.47. The van der Waals surface area contributed by atoms with Gasteiger partial charge in [0.25, 0.3) is 0 Å². The first-order chi connectivity index (χ1) is 11.6. The lowest BCUT2D eigenvalue weighted by molar-refractivity contribution is -0.121. The van der Waals surface area contributed by atoms with E-state index in [9.17, 15) is 9.90 Å². The van der Waals surface area contributed by atoms with Gasteiger partial charge in [0.05, 0.1) is 12.2 Å². The maximum Gasteiger partial charge on any atom is 0.227 e. The number of hydrogen-bond donors (Lipinski definition) is 2. The van der Waals surface area contributed by atoms with Crippen molar-refractivity contribution in [3.05, 3.63) is 35.9 Å². The third-order valence-corrected chi connectivity index (χ3v) is 4.52. The zero-order valence-corrected chi connectivity index (χ0v) is 14.0. The number of anilines is 1. The Labute approximate surface area is 145 Å². The summed E-state index contributed by atoms with van der Waals surface area (Å²) in [4.78, 5) is 18.6. The van der Waals surface area contributed by atoms with Crippen molar-refractivity contribution in [3.8, 4) is 5.75 Å². The zero-order chi connectivity index (χ0) is 16.9. The molecule has 8 heteroatoms. The highest BCUT2D eigenvalue weighted by molar-refractivity contribution is 6.31. The maximum atomic E-state index is 12.4. The number of halogens is 1. The number of hydrogen-bond acceptors (Lipinski definition) is 5. The molecular formula is C16H20ClN5O2. The Morgan fingerprint density at radius 1 is 1.33 bits per heavy atom. The van der Waals surface area contributed by atoms with E-state index in [0.717, 1.165) is 39.0 Å². The number of nitrogens with zero attached hydrogens (tertiary/aromatic N) is 4. The van der Waals surface area contributed by atoms with Gasteiger partial charge in [0.15, 0.2) is 0 Å². The lowest BCUT2D eigenvalue weighted by atomic mass is 9.96. The number of carbonyl (C=O) groups excluding carboxylic acids is 1. The topological polar surface area (TPSA) is 83.3 Å². The number of aromatic nitrogens is 3. The molecular weight excluding hydrogens is 330 g/mol. The van der Waals surface area contributed by atoms with E-state index in [2.05, 4.69) is 20.3 Å². The van der Waals surface area contributed by atoms with Gasteiger partial charge in [-0.1, -0.05) is 11.6 Å². The SMILES string of the molecule is O=C(Nc1cc(Cl)ccc1O)C1CCN(CCn2cncn2)CC1. The molecule has 3 rings (SSSR count). The first-order valence-electron chi connectivity index (χ1n) is 7.96. The molecule has 0 unspecified atom stereocenters. The minimum atomic E-state index is -0.0662. The quantitative estimate of drug-likeness (QED) is 0.806. The number of aromatic hydroxyl groups is 1. The fourth-order valence-electron chi connectivity index (χ4n) is 2.85. The number of carbonyl (C=O) groups is 1. The Morgan fingerprint density at radius 3 is 2.83 bits per heavy atom. The molecule has 1 aliphatic rings. The molecule has 1 saturated heterocycles.